The van der Waals surface area contributed by atoms with E-state index in [0.717, 1.165) is 0 Å². The van der Waals surface area contributed by atoms with E-state index < -0.39 is 35.4 Å². The molecule has 1 aromatic rings. The first-order valence-electron chi connectivity index (χ1n) is 5.18. The number of rotatable bonds is 4. The summed E-state index contributed by atoms with van der Waals surface area (Å²) < 4.78 is 21.4. The Bertz CT molecular complexity index is 462. The van der Waals surface area contributed by atoms with Crippen LogP contribution < -0.4 is 16.6 Å². The smallest absolute Gasteiger partial charge is 0.238 e. The molecule has 0 unspecified atom stereocenters. The minimum atomic E-state index is -3.58. The van der Waals surface area contributed by atoms with Crippen LogP contribution >= 0.6 is 0 Å². The number of anilines is 1. The van der Waals surface area contributed by atoms with Gasteiger partial charge in [-0.05, 0) is 24.3 Å². The zero-order valence-electron chi connectivity index (χ0n) is 10.2. The van der Waals surface area contributed by atoms with Crippen molar-refractivity contribution in [3.05, 3.63) is 24.3 Å². The number of aliphatic hydroxyl groups is 3. The maximum Gasteiger partial charge on any atom is 0.238 e. The van der Waals surface area contributed by atoms with Gasteiger partial charge in [-0.1, -0.05) is 0 Å². The molecule has 0 aliphatic rings. The summed E-state index contributed by atoms with van der Waals surface area (Å²) in [5.41, 5.74) is 9.78. The molecule has 0 fully saturated rings. The molecule has 0 radical (unpaired) electrons. The lowest BCUT2D eigenvalue weighted by Crippen LogP contribution is -2.50. The quantitative estimate of drug-likeness (QED) is 0.335. The number of sulfonamides is 1. The van der Waals surface area contributed by atoms with Crippen molar-refractivity contribution in [1.29, 1.82) is 0 Å². The third-order valence-corrected chi connectivity index (χ3v) is 3.08. The van der Waals surface area contributed by atoms with E-state index in [0.29, 0.717) is 5.69 Å². The van der Waals surface area contributed by atoms with Crippen molar-refractivity contribution in [2.24, 2.45) is 10.9 Å². The van der Waals surface area contributed by atoms with Crippen molar-refractivity contribution >= 4 is 15.7 Å². The monoisotopic (exact) mass is 293 g/mol. The van der Waals surface area contributed by atoms with Crippen LogP contribution in [0.2, 0.25) is 0 Å². The Hall–Kier alpha value is -1.23. The number of primary sulfonamides is 1. The first-order valence-corrected chi connectivity index (χ1v) is 6.73. The maximum absolute atomic E-state index is 10.7. The molecule has 8 nitrogen and oxygen atoms in total. The van der Waals surface area contributed by atoms with E-state index in [9.17, 15) is 8.42 Å². The normalized spacial score (nSPS) is 11.6. The molecule has 0 spiro atoms. The zero-order chi connectivity index (χ0) is 15.1. The van der Waals surface area contributed by atoms with E-state index in [1.807, 2.05) is 0 Å². The highest BCUT2D eigenvalue weighted by Gasteiger charge is 2.20. The highest BCUT2D eigenvalue weighted by molar-refractivity contribution is 7.89. The van der Waals surface area contributed by atoms with Gasteiger partial charge in [-0.15, -0.1) is 0 Å². The Morgan fingerprint density at radius 3 is 1.58 bits per heavy atom. The van der Waals surface area contributed by atoms with E-state index in [2.05, 4.69) is 0 Å². The molecule has 9 heteroatoms. The molecular formula is C10H19N3O5S. The predicted molar refractivity (Wildman–Crippen MR) is 70.4 cm³/mol. The van der Waals surface area contributed by atoms with E-state index >= 15 is 0 Å². The van der Waals surface area contributed by atoms with E-state index in [4.69, 9.17) is 31.9 Å². The van der Waals surface area contributed by atoms with E-state index in [1.54, 1.807) is 0 Å². The van der Waals surface area contributed by atoms with Crippen molar-refractivity contribution in [2.45, 2.75) is 10.4 Å². The zero-order valence-corrected chi connectivity index (χ0v) is 11.0. The standard InChI is InChI=1S/C6H8N2O2S.C4H11NO3/c7-5-1-3-6(4-2-5)11(8,9)10;5-4(1-6,2-7)3-8/h1-4H,7H2,(H2,8,9,10);6-8H,1-3,5H2. The molecular weight excluding hydrogens is 274 g/mol. The predicted octanol–water partition coefficient (Wildman–Crippen LogP) is -2.42. The summed E-state index contributed by atoms with van der Waals surface area (Å²) >= 11 is 0. The summed E-state index contributed by atoms with van der Waals surface area (Å²) in [6.45, 7) is -1.21. The van der Waals surface area contributed by atoms with Crippen molar-refractivity contribution < 1.29 is 23.7 Å². The number of nitrogen functional groups attached to an aromatic ring is 1. The van der Waals surface area contributed by atoms with Gasteiger partial charge in [-0.3, -0.25) is 0 Å². The topological polar surface area (TPSA) is 173 Å². The molecule has 0 aliphatic carbocycles. The average Bonchev–Trinajstić information content (AvgIpc) is 2.38. The largest absolute Gasteiger partial charge is 0.399 e. The van der Waals surface area contributed by atoms with Crippen LogP contribution in [-0.2, 0) is 10.0 Å². The number of benzene rings is 1. The van der Waals surface area contributed by atoms with Gasteiger partial charge in [0, 0.05) is 5.69 Å². The average molecular weight is 293 g/mol. The molecule has 0 saturated heterocycles. The maximum atomic E-state index is 10.7. The van der Waals surface area contributed by atoms with Crippen LogP contribution in [0.25, 0.3) is 0 Å². The van der Waals surface area contributed by atoms with Crippen LogP contribution in [0.5, 0.6) is 0 Å². The van der Waals surface area contributed by atoms with Gasteiger partial charge in [-0.25, -0.2) is 13.6 Å². The van der Waals surface area contributed by atoms with Crippen LogP contribution in [0, 0.1) is 0 Å². The van der Waals surface area contributed by atoms with Crippen LogP contribution in [-0.4, -0.2) is 49.1 Å². The molecule has 0 bridgehead atoms. The van der Waals surface area contributed by atoms with Crippen molar-refractivity contribution in [3.63, 3.8) is 0 Å². The second-order valence-electron chi connectivity index (χ2n) is 3.95. The third kappa shape index (κ3) is 6.47. The highest BCUT2D eigenvalue weighted by Crippen LogP contribution is 2.08. The fraction of sp³-hybridized carbons (Fsp3) is 0.400. The molecule has 0 aromatic heterocycles. The number of nitrogens with two attached hydrogens (primary N) is 3. The van der Waals surface area contributed by atoms with E-state index in [1.165, 1.54) is 24.3 Å². The van der Waals surface area contributed by atoms with Gasteiger partial charge in [0.15, 0.2) is 0 Å². The third-order valence-electron chi connectivity index (χ3n) is 2.15. The molecule has 1 rings (SSSR count). The molecule has 110 valence electrons. The Morgan fingerprint density at radius 1 is 1.00 bits per heavy atom. The summed E-state index contributed by atoms with van der Waals surface area (Å²) in [5, 5.41) is 29.9. The molecule has 1 aromatic carbocycles. The summed E-state index contributed by atoms with van der Waals surface area (Å²) in [5.74, 6) is 0. The molecule has 0 atom stereocenters. The van der Waals surface area contributed by atoms with Crippen molar-refractivity contribution in [3.8, 4) is 0 Å². The fourth-order valence-electron chi connectivity index (χ4n) is 0.808. The van der Waals surface area contributed by atoms with Gasteiger partial charge in [0.2, 0.25) is 10.0 Å². The molecule has 19 heavy (non-hydrogen) atoms. The van der Waals surface area contributed by atoms with Crippen LogP contribution in [0.15, 0.2) is 29.2 Å². The molecule has 0 heterocycles. The Balaban J connectivity index is 0.000000362. The van der Waals surface area contributed by atoms with Gasteiger partial charge in [0.1, 0.15) is 0 Å². The lowest BCUT2D eigenvalue weighted by molar-refractivity contribution is 0.0698. The van der Waals surface area contributed by atoms with Crippen LogP contribution in [0.3, 0.4) is 0 Å². The lowest BCUT2D eigenvalue weighted by atomic mass is 10.1. The first kappa shape index (κ1) is 17.8. The number of hydrogen-bond acceptors (Lipinski definition) is 7. The molecule has 0 amide bonds. The summed E-state index contributed by atoms with van der Waals surface area (Å²) in [7, 11) is -3.58. The lowest BCUT2D eigenvalue weighted by Gasteiger charge is -2.20. The Kier molecular flexibility index (Phi) is 6.90. The second-order valence-corrected chi connectivity index (χ2v) is 5.51. The Morgan fingerprint density at radius 2 is 1.37 bits per heavy atom. The SMILES string of the molecule is NC(CO)(CO)CO.Nc1ccc(S(N)(=O)=O)cc1. The fourth-order valence-corrected chi connectivity index (χ4v) is 1.32. The minimum Gasteiger partial charge on any atom is -0.399 e. The van der Waals surface area contributed by atoms with Crippen molar-refractivity contribution in [1.82, 2.24) is 0 Å². The second kappa shape index (κ2) is 7.38. The molecule has 0 saturated carbocycles. The van der Waals surface area contributed by atoms with Crippen molar-refractivity contribution in [2.75, 3.05) is 25.6 Å². The van der Waals surface area contributed by atoms with Gasteiger partial charge < -0.3 is 26.8 Å². The minimum absolute atomic E-state index is 0.0756. The Labute approximate surface area is 111 Å². The summed E-state index contributed by atoms with van der Waals surface area (Å²) in [6.07, 6.45) is 0. The molecule has 9 N–H and O–H groups in total. The first-order chi connectivity index (χ1) is 8.68. The number of hydrogen-bond donors (Lipinski definition) is 6. The van der Waals surface area contributed by atoms with Gasteiger partial charge in [0.05, 0.1) is 30.3 Å². The highest BCUT2D eigenvalue weighted by atomic mass is 32.2. The number of aliphatic hydroxyl groups excluding tert-OH is 3. The molecule has 0 aliphatic heterocycles. The van der Waals surface area contributed by atoms with Gasteiger partial charge in [-0.2, -0.15) is 0 Å². The van der Waals surface area contributed by atoms with E-state index in [-0.39, 0.29) is 4.90 Å². The van der Waals surface area contributed by atoms with Crippen LogP contribution in [0.1, 0.15) is 0 Å². The van der Waals surface area contributed by atoms with Gasteiger partial charge in [0.25, 0.3) is 0 Å². The summed E-state index contributed by atoms with van der Waals surface area (Å²) in [4.78, 5) is 0.0756. The summed E-state index contributed by atoms with van der Waals surface area (Å²) in [6, 6.07) is 5.70. The van der Waals surface area contributed by atoms with Gasteiger partial charge >= 0.3 is 0 Å². The van der Waals surface area contributed by atoms with Crippen LogP contribution in [0.4, 0.5) is 5.69 Å².